The average molecular weight is 481 g/mol. The van der Waals surface area contributed by atoms with Gasteiger partial charge in [-0.2, -0.15) is 9.78 Å². The van der Waals surface area contributed by atoms with Gasteiger partial charge in [-0.3, -0.25) is 14.4 Å². The Kier molecular flexibility index (Phi) is 5.85. The van der Waals surface area contributed by atoms with Crippen molar-refractivity contribution in [1.29, 1.82) is 0 Å². The molecule has 8 heteroatoms. The van der Waals surface area contributed by atoms with Crippen molar-refractivity contribution in [1.82, 2.24) is 14.3 Å². The Morgan fingerprint density at radius 2 is 1.61 bits per heavy atom. The van der Waals surface area contributed by atoms with E-state index >= 15 is 0 Å². The van der Waals surface area contributed by atoms with Crippen molar-refractivity contribution < 1.29 is 14.7 Å². The van der Waals surface area contributed by atoms with E-state index in [1.807, 2.05) is 56.3 Å². The number of aliphatic carboxylic acids is 1. The standard InChI is InChI=1S/C28H24N4O4/c1-3-30(19-9-5-4-6-10-19)27(35)25-24-21-11-7-8-12-22(21)31(17-23(33)34)26(24)28(36)32(29-25)20-15-13-18(2)14-16-20/h4-16H,3,17H2,1-2H3,(H,33,34). The van der Waals surface area contributed by atoms with Gasteiger partial charge in [0.1, 0.15) is 12.1 Å². The molecule has 0 saturated carbocycles. The number of amides is 1. The highest BCUT2D eigenvalue weighted by molar-refractivity contribution is 6.20. The van der Waals surface area contributed by atoms with Crippen LogP contribution in [0, 0.1) is 6.92 Å². The second-order valence-electron chi connectivity index (χ2n) is 8.51. The minimum atomic E-state index is -1.09. The number of benzene rings is 3. The van der Waals surface area contributed by atoms with Crippen LogP contribution in [-0.2, 0) is 11.3 Å². The van der Waals surface area contributed by atoms with Crippen molar-refractivity contribution in [3.63, 3.8) is 0 Å². The predicted octanol–water partition coefficient (Wildman–Crippen LogP) is 4.40. The number of hydrogen-bond acceptors (Lipinski definition) is 4. The number of hydrogen-bond donors (Lipinski definition) is 1. The third-order valence-electron chi connectivity index (χ3n) is 6.21. The van der Waals surface area contributed by atoms with Crippen LogP contribution in [0.15, 0.2) is 83.7 Å². The zero-order valence-electron chi connectivity index (χ0n) is 19.9. The van der Waals surface area contributed by atoms with Gasteiger partial charge in [0, 0.05) is 28.5 Å². The van der Waals surface area contributed by atoms with Crippen LogP contribution in [0.3, 0.4) is 0 Å². The van der Waals surface area contributed by atoms with Crippen molar-refractivity contribution in [2.24, 2.45) is 0 Å². The first-order valence-corrected chi connectivity index (χ1v) is 11.6. The van der Waals surface area contributed by atoms with Gasteiger partial charge in [0.15, 0.2) is 5.69 Å². The fraction of sp³-hybridized carbons (Fsp3) is 0.143. The van der Waals surface area contributed by atoms with Gasteiger partial charge >= 0.3 is 5.97 Å². The number of para-hydroxylation sites is 2. The summed E-state index contributed by atoms with van der Waals surface area (Å²) in [5.41, 5.74) is 2.44. The number of rotatable bonds is 6. The Hall–Kier alpha value is -4.72. The van der Waals surface area contributed by atoms with Crippen LogP contribution in [0.4, 0.5) is 5.69 Å². The van der Waals surface area contributed by atoms with Gasteiger partial charge in [-0.15, -0.1) is 0 Å². The van der Waals surface area contributed by atoms with Crippen LogP contribution in [0.25, 0.3) is 27.5 Å². The normalized spacial score (nSPS) is 11.2. The summed E-state index contributed by atoms with van der Waals surface area (Å²) in [6, 6.07) is 23.5. The zero-order valence-corrected chi connectivity index (χ0v) is 19.9. The molecule has 0 radical (unpaired) electrons. The molecular weight excluding hydrogens is 456 g/mol. The SMILES string of the molecule is CCN(C(=O)c1nn(-c2ccc(C)cc2)c(=O)c2c1c1ccccc1n2CC(=O)O)c1ccccc1. The first kappa shape index (κ1) is 23.0. The highest BCUT2D eigenvalue weighted by Gasteiger charge is 2.28. The van der Waals surface area contributed by atoms with Crippen LogP contribution in [0.2, 0.25) is 0 Å². The van der Waals surface area contributed by atoms with Crippen LogP contribution < -0.4 is 10.5 Å². The van der Waals surface area contributed by atoms with Gasteiger partial charge in [0.2, 0.25) is 0 Å². The fourth-order valence-corrected chi connectivity index (χ4v) is 4.55. The first-order chi connectivity index (χ1) is 17.4. The number of fused-ring (bicyclic) bond motifs is 3. The first-order valence-electron chi connectivity index (χ1n) is 11.6. The monoisotopic (exact) mass is 480 g/mol. The summed E-state index contributed by atoms with van der Waals surface area (Å²) in [4.78, 5) is 41.3. The molecule has 36 heavy (non-hydrogen) atoms. The Labute approximate surface area is 206 Å². The van der Waals surface area contributed by atoms with E-state index < -0.39 is 18.1 Å². The maximum Gasteiger partial charge on any atom is 0.323 e. The molecule has 0 unspecified atom stereocenters. The van der Waals surface area contributed by atoms with Crippen molar-refractivity contribution in [3.8, 4) is 5.69 Å². The van der Waals surface area contributed by atoms with Gasteiger partial charge < -0.3 is 14.6 Å². The smallest absolute Gasteiger partial charge is 0.323 e. The lowest BCUT2D eigenvalue weighted by molar-refractivity contribution is -0.137. The molecule has 0 atom stereocenters. The predicted molar refractivity (Wildman–Crippen MR) is 139 cm³/mol. The molecule has 0 bridgehead atoms. The number of aryl methyl sites for hydroxylation is 1. The zero-order chi connectivity index (χ0) is 25.4. The van der Waals surface area contributed by atoms with E-state index in [0.29, 0.717) is 34.2 Å². The lowest BCUT2D eigenvalue weighted by atomic mass is 10.1. The summed E-state index contributed by atoms with van der Waals surface area (Å²) in [6.07, 6.45) is 0. The quantitative estimate of drug-likeness (QED) is 0.389. The van der Waals surface area contributed by atoms with E-state index in [4.69, 9.17) is 0 Å². The molecule has 0 fully saturated rings. The van der Waals surface area contributed by atoms with E-state index in [1.165, 1.54) is 9.25 Å². The maximum atomic E-state index is 14.0. The Bertz CT molecular complexity index is 1670. The Morgan fingerprint density at radius 3 is 2.28 bits per heavy atom. The van der Waals surface area contributed by atoms with Gasteiger partial charge in [0.05, 0.1) is 5.69 Å². The second kappa shape index (κ2) is 9.14. The van der Waals surface area contributed by atoms with Crippen molar-refractivity contribution in [2.45, 2.75) is 20.4 Å². The van der Waals surface area contributed by atoms with Crippen LogP contribution in [0.5, 0.6) is 0 Å². The molecule has 0 aliphatic carbocycles. The molecule has 0 spiro atoms. The molecule has 0 aliphatic rings. The van der Waals surface area contributed by atoms with E-state index in [1.54, 1.807) is 41.3 Å². The van der Waals surface area contributed by atoms with E-state index in [9.17, 15) is 19.5 Å². The third kappa shape index (κ3) is 3.82. The van der Waals surface area contributed by atoms with Crippen molar-refractivity contribution >= 4 is 39.4 Å². The molecule has 1 N–H and O–H groups in total. The molecule has 1 amide bonds. The van der Waals surface area contributed by atoms with E-state index in [-0.39, 0.29) is 17.1 Å². The molecule has 8 nitrogen and oxygen atoms in total. The number of nitrogens with zero attached hydrogens (tertiary/aromatic N) is 4. The number of anilines is 1. The lowest BCUT2D eigenvalue weighted by Crippen LogP contribution is -2.34. The maximum absolute atomic E-state index is 14.0. The summed E-state index contributed by atoms with van der Waals surface area (Å²) in [7, 11) is 0. The Morgan fingerprint density at radius 1 is 0.944 bits per heavy atom. The van der Waals surface area contributed by atoms with Gasteiger partial charge in [0.25, 0.3) is 11.5 Å². The van der Waals surface area contributed by atoms with E-state index in [2.05, 4.69) is 5.10 Å². The lowest BCUT2D eigenvalue weighted by Gasteiger charge is -2.21. The van der Waals surface area contributed by atoms with Gasteiger partial charge in [-0.05, 0) is 44.2 Å². The van der Waals surface area contributed by atoms with E-state index in [0.717, 1.165) is 5.56 Å². The summed E-state index contributed by atoms with van der Waals surface area (Å²) in [6.45, 7) is 3.75. The molecule has 0 saturated heterocycles. The minimum absolute atomic E-state index is 0.0798. The number of carbonyl (C=O) groups is 2. The van der Waals surface area contributed by atoms with Gasteiger partial charge in [-0.25, -0.2) is 0 Å². The van der Waals surface area contributed by atoms with Gasteiger partial charge in [-0.1, -0.05) is 54.1 Å². The molecule has 2 aromatic heterocycles. The highest BCUT2D eigenvalue weighted by atomic mass is 16.4. The fourth-order valence-electron chi connectivity index (χ4n) is 4.55. The molecule has 5 rings (SSSR count). The molecule has 180 valence electrons. The summed E-state index contributed by atoms with van der Waals surface area (Å²) in [5.74, 6) is -1.48. The number of carboxylic acids is 1. The summed E-state index contributed by atoms with van der Waals surface area (Å²) in [5, 5.41) is 15.2. The molecule has 0 aliphatic heterocycles. The number of aromatic nitrogens is 3. The topological polar surface area (TPSA) is 97.4 Å². The third-order valence-corrected chi connectivity index (χ3v) is 6.21. The van der Waals surface area contributed by atoms with Crippen LogP contribution in [0.1, 0.15) is 23.0 Å². The summed E-state index contributed by atoms with van der Waals surface area (Å²) >= 11 is 0. The van der Waals surface area contributed by atoms with Crippen LogP contribution in [-0.4, -0.2) is 37.9 Å². The Balaban J connectivity index is 1.89. The highest BCUT2D eigenvalue weighted by Crippen LogP contribution is 2.31. The molecule has 3 aromatic carbocycles. The largest absolute Gasteiger partial charge is 0.480 e. The number of carboxylic acid groups (broad SMARTS) is 1. The minimum Gasteiger partial charge on any atom is -0.480 e. The molecule has 5 aromatic rings. The molecular formula is C28H24N4O4. The summed E-state index contributed by atoms with van der Waals surface area (Å²) < 4.78 is 2.64. The average Bonchev–Trinajstić information content (AvgIpc) is 3.20. The second-order valence-corrected chi connectivity index (χ2v) is 8.51. The van der Waals surface area contributed by atoms with Crippen molar-refractivity contribution in [2.75, 3.05) is 11.4 Å². The van der Waals surface area contributed by atoms with Crippen molar-refractivity contribution in [3.05, 3.63) is 100 Å². The van der Waals surface area contributed by atoms with Crippen LogP contribution >= 0.6 is 0 Å². The number of carbonyl (C=O) groups excluding carboxylic acids is 1. The molecule has 2 heterocycles.